The van der Waals surface area contributed by atoms with Gasteiger partial charge in [0.2, 0.25) is 0 Å². The Morgan fingerprint density at radius 2 is 2.05 bits per heavy atom. The van der Waals surface area contributed by atoms with Crippen LogP contribution in [0.2, 0.25) is 0 Å². The van der Waals surface area contributed by atoms with E-state index in [-0.39, 0.29) is 17.8 Å². The average Bonchev–Trinajstić information content (AvgIpc) is 2.37. The van der Waals surface area contributed by atoms with E-state index < -0.39 is 6.09 Å². The maximum Gasteiger partial charge on any atom is 0.407 e. The Morgan fingerprint density at radius 1 is 1.45 bits per heavy atom. The molecule has 2 rings (SSSR count). The molecule has 0 bridgehead atoms. The van der Waals surface area contributed by atoms with Crippen LogP contribution in [0.5, 0.6) is 0 Å². The molecular formula is C13H17N5O2. The van der Waals surface area contributed by atoms with Crippen molar-refractivity contribution in [1.29, 1.82) is 5.26 Å². The molecule has 1 aliphatic rings. The first-order valence-electron chi connectivity index (χ1n) is 6.44. The van der Waals surface area contributed by atoms with Gasteiger partial charge in [-0.25, -0.2) is 14.8 Å². The van der Waals surface area contributed by atoms with Gasteiger partial charge in [-0.05, 0) is 20.8 Å². The first-order valence-corrected chi connectivity index (χ1v) is 6.44. The molecule has 0 saturated carbocycles. The van der Waals surface area contributed by atoms with Crippen LogP contribution in [-0.4, -0.2) is 51.2 Å². The Bertz CT molecular complexity index is 556. The predicted molar refractivity (Wildman–Crippen MR) is 72.5 cm³/mol. The van der Waals surface area contributed by atoms with Crippen LogP contribution in [-0.2, 0) is 0 Å². The van der Waals surface area contributed by atoms with Crippen molar-refractivity contribution in [3.63, 3.8) is 0 Å². The lowest BCUT2D eigenvalue weighted by molar-refractivity contribution is 0.0980. The third-order valence-electron chi connectivity index (χ3n) is 3.47. The molecule has 2 atom stereocenters. The molecule has 1 aromatic heterocycles. The molecule has 0 aromatic carbocycles. The Labute approximate surface area is 117 Å². The molecular weight excluding hydrogens is 258 g/mol. The van der Waals surface area contributed by atoms with Gasteiger partial charge in [-0.3, -0.25) is 4.90 Å². The molecule has 1 aromatic rings. The van der Waals surface area contributed by atoms with E-state index >= 15 is 0 Å². The number of aryl methyl sites for hydroxylation is 1. The monoisotopic (exact) mass is 275 g/mol. The minimum Gasteiger partial charge on any atom is -0.465 e. The molecule has 7 heteroatoms. The van der Waals surface area contributed by atoms with Gasteiger partial charge in [0.25, 0.3) is 0 Å². The molecule has 1 fully saturated rings. The Hall–Kier alpha value is -2.36. The number of carbonyl (C=O) groups is 1. The second kappa shape index (κ2) is 5.33. The maximum atomic E-state index is 11.2. The Balaban J connectivity index is 2.24. The van der Waals surface area contributed by atoms with E-state index in [1.54, 1.807) is 0 Å². The summed E-state index contributed by atoms with van der Waals surface area (Å²) in [6, 6.07) is 1.72. The second-order valence-electron chi connectivity index (χ2n) is 5.07. The number of hydrogen-bond acceptors (Lipinski definition) is 5. The number of anilines is 1. The molecule has 1 N–H and O–H groups in total. The van der Waals surface area contributed by atoms with Crippen molar-refractivity contribution in [1.82, 2.24) is 14.9 Å². The van der Waals surface area contributed by atoms with Gasteiger partial charge >= 0.3 is 6.09 Å². The third kappa shape index (κ3) is 2.50. The number of amides is 1. The molecule has 2 heterocycles. The van der Waals surface area contributed by atoms with Crippen molar-refractivity contribution in [2.45, 2.75) is 32.9 Å². The quantitative estimate of drug-likeness (QED) is 0.828. The first-order chi connectivity index (χ1) is 9.43. The average molecular weight is 275 g/mol. The number of nitriles is 1. The molecule has 0 spiro atoms. The topological polar surface area (TPSA) is 93.4 Å². The summed E-state index contributed by atoms with van der Waals surface area (Å²) in [4.78, 5) is 23.2. The number of piperazine rings is 1. The molecule has 7 nitrogen and oxygen atoms in total. The van der Waals surface area contributed by atoms with Gasteiger partial charge < -0.3 is 10.0 Å². The highest BCUT2D eigenvalue weighted by Gasteiger charge is 2.33. The Morgan fingerprint density at radius 3 is 2.50 bits per heavy atom. The van der Waals surface area contributed by atoms with Gasteiger partial charge in [0.05, 0.1) is 24.0 Å². The van der Waals surface area contributed by atoms with E-state index in [9.17, 15) is 9.90 Å². The molecule has 106 valence electrons. The molecule has 20 heavy (non-hydrogen) atoms. The third-order valence-corrected chi connectivity index (χ3v) is 3.47. The van der Waals surface area contributed by atoms with Gasteiger partial charge in [-0.1, -0.05) is 0 Å². The lowest BCUT2D eigenvalue weighted by Gasteiger charge is -2.43. The van der Waals surface area contributed by atoms with Crippen molar-refractivity contribution in [3.05, 3.63) is 17.6 Å². The van der Waals surface area contributed by atoms with E-state index in [0.717, 1.165) is 0 Å². The van der Waals surface area contributed by atoms with Crippen molar-refractivity contribution in [3.8, 4) is 6.07 Å². The normalized spacial score (nSPS) is 22.5. The van der Waals surface area contributed by atoms with E-state index in [4.69, 9.17) is 5.26 Å². The van der Waals surface area contributed by atoms with Gasteiger partial charge in [-0.2, -0.15) is 5.26 Å². The zero-order valence-corrected chi connectivity index (χ0v) is 11.7. The standard InChI is InChI=1S/C13H17N5O2/c1-8-6-17(7-9(2)18(8)13(19)20)12-10(3)16-11(4-14)5-15-12/h5,8-9H,6-7H2,1-3H3,(H,19,20)/t8-,9-/m1/s1. The van der Waals surface area contributed by atoms with E-state index in [1.165, 1.54) is 11.1 Å². The molecule has 1 aliphatic heterocycles. The van der Waals surface area contributed by atoms with Crippen molar-refractivity contribution >= 4 is 11.9 Å². The fourth-order valence-electron chi connectivity index (χ4n) is 2.71. The van der Waals surface area contributed by atoms with Crippen LogP contribution in [0.15, 0.2) is 6.20 Å². The predicted octanol–water partition coefficient (Wildman–Crippen LogP) is 1.23. The van der Waals surface area contributed by atoms with E-state index in [2.05, 4.69) is 9.97 Å². The molecule has 0 radical (unpaired) electrons. The number of hydrogen-bond donors (Lipinski definition) is 1. The number of carboxylic acid groups (broad SMARTS) is 1. The van der Waals surface area contributed by atoms with Crippen molar-refractivity contribution in [2.75, 3.05) is 18.0 Å². The molecule has 1 saturated heterocycles. The summed E-state index contributed by atoms with van der Waals surface area (Å²) < 4.78 is 0. The van der Waals surface area contributed by atoms with Crippen molar-refractivity contribution in [2.24, 2.45) is 0 Å². The Kier molecular flexibility index (Phi) is 3.74. The fourth-order valence-corrected chi connectivity index (χ4v) is 2.71. The van der Waals surface area contributed by atoms with Gasteiger partial charge in [0.15, 0.2) is 5.69 Å². The second-order valence-corrected chi connectivity index (χ2v) is 5.07. The highest BCUT2D eigenvalue weighted by molar-refractivity contribution is 5.66. The van der Waals surface area contributed by atoms with Crippen LogP contribution in [0, 0.1) is 18.3 Å². The van der Waals surface area contributed by atoms with Gasteiger partial charge in [0, 0.05) is 13.1 Å². The zero-order chi connectivity index (χ0) is 14.9. The minimum absolute atomic E-state index is 0.118. The molecule has 1 amide bonds. The first kappa shape index (κ1) is 14.1. The number of rotatable bonds is 1. The van der Waals surface area contributed by atoms with Crippen LogP contribution >= 0.6 is 0 Å². The summed E-state index contributed by atoms with van der Waals surface area (Å²) >= 11 is 0. The van der Waals surface area contributed by atoms with E-state index in [1.807, 2.05) is 31.7 Å². The van der Waals surface area contributed by atoms with Crippen LogP contribution in [0.3, 0.4) is 0 Å². The van der Waals surface area contributed by atoms with E-state index in [0.29, 0.717) is 24.6 Å². The summed E-state index contributed by atoms with van der Waals surface area (Å²) in [5.74, 6) is 0.715. The van der Waals surface area contributed by atoms with Crippen LogP contribution in [0.1, 0.15) is 25.2 Å². The summed E-state index contributed by atoms with van der Waals surface area (Å²) in [6.45, 7) is 6.70. The largest absolute Gasteiger partial charge is 0.465 e. The summed E-state index contributed by atoms with van der Waals surface area (Å²) in [6.07, 6.45) is 0.550. The lowest BCUT2D eigenvalue weighted by atomic mass is 10.1. The summed E-state index contributed by atoms with van der Waals surface area (Å²) in [5, 5.41) is 18.0. The minimum atomic E-state index is -0.896. The highest BCUT2D eigenvalue weighted by atomic mass is 16.4. The number of aromatic nitrogens is 2. The fraction of sp³-hybridized carbons (Fsp3) is 0.538. The summed E-state index contributed by atoms with van der Waals surface area (Å²) in [7, 11) is 0. The smallest absolute Gasteiger partial charge is 0.407 e. The zero-order valence-electron chi connectivity index (χ0n) is 11.7. The maximum absolute atomic E-state index is 11.2. The summed E-state index contributed by atoms with van der Waals surface area (Å²) in [5.41, 5.74) is 0.976. The lowest BCUT2D eigenvalue weighted by Crippen LogP contribution is -2.58. The molecule has 0 aliphatic carbocycles. The highest BCUT2D eigenvalue weighted by Crippen LogP contribution is 2.22. The SMILES string of the molecule is Cc1nc(C#N)cnc1N1C[C@@H](C)N(C(=O)O)[C@H](C)C1. The van der Waals surface area contributed by atoms with Crippen LogP contribution < -0.4 is 4.90 Å². The van der Waals surface area contributed by atoms with Crippen LogP contribution in [0.4, 0.5) is 10.6 Å². The van der Waals surface area contributed by atoms with Gasteiger partial charge in [-0.15, -0.1) is 0 Å². The molecule has 0 unspecified atom stereocenters. The van der Waals surface area contributed by atoms with Crippen LogP contribution in [0.25, 0.3) is 0 Å². The van der Waals surface area contributed by atoms with Crippen molar-refractivity contribution < 1.29 is 9.90 Å². The van der Waals surface area contributed by atoms with Gasteiger partial charge in [0.1, 0.15) is 11.9 Å². The number of nitrogens with zero attached hydrogens (tertiary/aromatic N) is 5.